The molecule has 0 saturated carbocycles. The molecule has 1 heterocycles. The molecule has 0 spiro atoms. The first kappa shape index (κ1) is 13.5. The molecule has 1 saturated heterocycles. The summed E-state index contributed by atoms with van der Waals surface area (Å²) in [6.07, 6.45) is 2.16. The first-order chi connectivity index (χ1) is 7.57. The summed E-state index contributed by atoms with van der Waals surface area (Å²) in [5, 5.41) is 8.93. The van der Waals surface area contributed by atoms with Gasteiger partial charge in [-0.3, -0.25) is 0 Å². The number of hydrogen-bond donors (Lipinski definition) is 0. The van der Waals surface area contributed by atoms with E-state index in [9.17, 15) is 0 Å². The van der Waals surface area contributed by atoms with Crippen LogP contribution in [0.3, 0.4) is 0 Å². The van der Waals surface area contributed by atoms with Crippen LogP contribution in [0.25, 0.3) is 0 Å². The second-order valence-electron chi connectivity index (χ2n) is 5.38. The molecule has 0 unspecified atom stereocenters. The maximum absolute atomic E-state index is 8.93. The van der Waals surface area contributed by atoms with E-state index >= 15 is 0 Å². The highest BCUT2D eigenvalue weighted by molar-refractivity contribution is 4.91. The van der Waals surface area contributed by atoms with Crippen LogP contribution in [-0.2, 0) is 0 Å². The monoisotopic (exact) mass is 223 g/mol. The molecule has 0 atom stereocenters. The van der Waals surface area contributed by atoms with E-state index in [1.165, 1.54) is 32.7 Å². The summed E-state index contributed by atoms with van der Waals surface area (Å²) < 4.78 is 0. The maximum atomic E-state index is 8.93. The lowest BCUT2D eigenvalue weighted by Crippen LogP contribution is -2.46. The van der Waals surface area contributed by atoms with Crippen LogP contribution < -0.4 is 0 Å². The predicted molar refractivity (Wildman–Crippen MR) is 67.2 cm³/mol. The van der Waals surface area contributed by atoms with Gasteiger partial charge in [0.1, 0.15) is 0 Å². The Morgan fingerprint density at radius 3 is 2.19 bits per heavy atom. The van der Waals surface area contributed by atoms with Crippen LogP contribution in [0.2, 0.25) is 0 Å². The van der Waals surface area contributed by atoms with Crippen molar-refractivity contribution < 1.29 is 0 Å². The minimum atomic E-state index is -0.148. The van der Waals surface area contributed by atoms with E-state index in [2.05, 4.69) is 22.8 Å². The first-order valence-corrected chi connectivity index (χ1v) is 6.43. The van der Waals surface area contributed by atoms with E-state index < -0.39 is 0 Å². The Hall–Kier alpha value is -0.590. The van der Waals surface area contributed by atoms with E-state index in [4.69, 9.17) is 5.26 Å². The highest BCUT2D eigenvalue weighted by atomic mass is 15.3. The molecule has 1 aliphatic rings. The standard InChI is InChI=1S/C13H25N3/c1-4-15-8-10-16(11-9-15)7-5-6-13(2,3)12-14/h4-11H2,1-3H3. The molecule has 16 heavy (non-hydrogen) atoms. The summed E-state index contributed by atoms with van der Waals surface area (Å²) in [6.45, 7) is 13.4. The molecule has 1 rings (SSSR count). The van der Waals surface area contributed by atoms with Crippen molar-refractivity contribution in [3.63, 3.8) is 0 Å². The summed E-state index contributed by atoms with van der Waals surface area (Å²) in [4.78, 5) is 5.02. The summed E-state index contributed by atoms with van der Waals surface area (Å²) in [5.41, 5.74) is -0.148. The summed E-state index contributed by atoms with van der Waals surface area (Å²) in [7, 11) is 0. The molecular formula is C13H25N3. The Kier molecular flexibility index (Phi) is 5.24. The zero-order valence-corrected chi connectivity index (χ0v) is 11.0. The molecule has 3 nitrogen and oxygen atoms in total. The van der Waals surface area contributed by atoms with Crippen LogP contribution in [0.5, 0.6) is 0 Å². The van der Waals surface area contributed by atoms with E-state index in [1.807, 2.05) is 13.8 Å². The second kappa shape index (κ2) is 6.22. The maximum Gasteiger partial charge on any atom is 0.0683 e. The van der Waals surface area contributed by atoms with Gasteiger partial charge in [-0.1, -0.05) is 6.92 Å². The average molecular weight is 223 g/mol. The van der Waals surface area contributed by atoms with Crippen molar-refractivity contribution in [3.05, 3.63) is 0 Å². The van der Waals surface area contributed by atoms with Crippen molar-refractivity contribution in [1.29, 1.82) is 5.26 Å². The molecule has 92 valence electrons. The lowest BCUT2D eigenvalue weighted by atomic mass is 9.90. The molecular weight excluding hydrogens is 198 g/mol. The average Bonchev–Trinajstić information content (AvgIpc) is 2.30. The van der Waals surface area contributed by atoms with Gasteiger partial charge in [0.15, 0.2) is 0 Å². The normalized spacial score (nSPS) is 19.6. The predicted octanol–water partition coefficient (Wildman–Crippen LogP) is 1.95. The molecule has 0 N–H and O–H groups in total. The summed E-state index contributed by atoms with van der Waals surface area (Å²) in [5.74, 6) is 0. The molecule has 0 aromatic rings. The Morgan fingerprint density at radius 2 is 1.69 bits per heavy atom. The van der Waals surface area contributed by atoms with Crippen molar-refractivity contribution in [2.45, 2.75) is 33.6 Å². The van der Waals surface area contributed by atoms with Crippen LogP contribution in [0.1, 0.15) is 33.6 Å². The zero-order valence-electron chi connectivity index (χ0n) is 11.0. The van der Waals surface area contributed by atoms with Crippen molar-refractivity contribution in [2.24, 2.45) is 5.41 Å². The van der Waals surface area contributed by atoms with E-state index in [1.54, 1.807) is 0 Å². The van der Waals surface area contributed by atoms with E-state index in [0.717, 1.165) is 19.4 Å². The van der Waals surface area contributed by atoms with Gasteiger partial charge in [-0.05, 0) is 39.8 Å². The van der Waals surface area contributed by atoms with Crippen LogP contribution in [-0.4, -0.2) is 49.1 Å². The van der Waals surface area contributed by atoms with Gasteiger partial charge in [-0.15, -0.1) is 0 Å². The molecule has 1 fully saturated rings. The minimum absolute atomic E-state index is 0.148. The largest absolute Gasteiger partial charge is 0.301 e. The van der Waals surface area contributed by atoms with Gasteiger partial charge in [0.25, 0.3) is 0 Å². The molecule has 0 aromatic heterocycles. The van der Waals surface area contributed by atoms with Gasteiger partial charge in [0, 0.05) is 26.2 Å². The fourth-order valence-electron chi connectivity index (χ4n) is 2.13. The SMILES string of the molecule is CCN1CCN(CCCC(C)(C)C#N)CC1. The Bertz CT molecular complexity index is 234. The number of likely N-dealkylation sites (N-methyl/N-ethyl adjacent to an activating group) is 1. The Balaban J connectivity index is 2.14. The molecule has 3 heteroatoms. The fourth-order valence-corrected chi connectivity index (χ4v) is 2.13. The second-order valence-corrected chi connectivity index (χ2v) is 5.38. The van der Waals surface area contributed by atoms with Gasteiger partial charge >= 0.3 is 0 Å². The molecule has 0 radical (unpaired) electrons. The number of hydrogen-bond acceptors (Lipinski definition) is 3. The zero-order chi connectivity index (χ0) is 12.0. The smallest absolute Gasteiger partial charge is 0.0683 e. The van der Waals surface area contributed by atoms with Crippen LogP contribution >= 0.6 is 0 Å². The lowest BCUT2D eigenvalue weighted by Gasteiger charge is -2.34. The summed E-state index contributed by atoms with van der Waals surface area (Å²) in [6, 6.07) is 2.37. The molecule has 1 aliphatic heterocycles. The van der Waals surface area contributed by atoms with Crippen LogP contribution in [0, 0.1) is 16.7 Å². The summed E-state index contributed by atoms with van der Waals surface area (Å²) >= 11 is 0. The van der Waals surface area contributed by atoms with Gasteiger partial charge in [-0.25, -0.2) is 0 Å². The molecule has 0 bridgehead atoms. The van der Waals surface area contributed by atoms with E-state index in [-0.39, 0.29) is 5.41 Å². The molecule has 0 amide bonds. The lowest BCUT2D eigenvalue weighted by molar-refractivity contribution is 0.133. The van der Waals surface area contributed by atoms with Gasteiger partial charge in [0.05, 0.1) is 11.5 Å². The van der Waals surface area contributed by atoms with E-state index in [0.29, 0.717) is 0 Å². The Labute approximate surface area is 100 Å². The third-order valence-electron chi connectivity index (χ3n) is 3.49. The number of rotatable bonds is 5. The number of piperazine rings is 1. The molecule has 0 aliphatic carbocycles. The quantitative estimate of drug-likeness (QED) is 0.713. The first-order valence-electron chi connectivity index (χ1n) is 6.43. The number of nitriles is 1. The van der Waals surface area contributed by atoms with Gasteiger partial charge < -0.3 is 9.80 Å². The van der Waals surface area contributed by atoms with Crippen molar-refractivity contribution >= 4 is 0 Å². The van der Waals surface area contributed by atoms with Crippen molar-refractivity contribution in [2.75, 3.05) is 39.3 Å². The third-order valence-corrected chi connectivity index (χ3v) is 3.49. The van der Waals surface area contributed by atoms with Gasteiger partial charge in [-0.2, -0.15) is 5.26 Å². The van der Waals surface area contributed by atoms with Crippen LogP contribution in [0.4, 0.5) is 0 Å². The third kappa shape index (κ3) is 4.51. The van der Waals surface area contributed by atoms with Crippen LogP contribution in [0.15, 0.2) is 0 Å². The highest BCUT2D eigenvalue weighted by Crippen LogP contribution is 2.20. The molecule has 0 aromatic carbocycles. The number of nitrogens with zero attached hydrogens (tertiary/aromatic N) is 3. The minimum Gasteiger partial charge on any atom is -0.301 e. The van der Waals surface area contributed by atoms with Crippen molar-refractivity contribution in [3.8, 4) is 6.07 Å². The topological polar surface area (TPSA) is 30.3 Å². The highest BCUT2D eigenvalue weighted by Gasteiger charge is 2.18. The fraction of sp³-hybridized carbons (Fsp3) is 0.923. The van der Waals surface area contributed by atoms with Crippen molar-refractivity contribution in [1.82, 2.24) is 9.80 Å². The Morgan fingerprint density at radius 1 is 1.12 bits per heavy atom. The van der Waals surface area contributed by atoms with Gasteiger partial charge in [0.2, 0.25) is 0 Å².